The number of nitrogens with zero attached hydrogens (tertiary/aromatic N) is 1. The van der Waals surface area contributed by atoms with Crippen LogP contribution in [0.4, 0.5) is 0 Å². The van der Waals surface area contributed by atoms with Crippen molar-refractivity contribution in [1.29, 1.82) is 0 Å². The summed E-state index contributed by atoms with van der Waals surface area (Å²) in [6, 6.07) is 8.55. The Morgan fingerprint density at radius 3 is 2.36 bits per heavy atom. The molecule has 0 radical (unpaired) electrons. The average Bonchev–Trinajstić information content (AvgIpc) is 2.55. The Balaban J connectivity index is 2.02. The number of pyridine rings is 1. The van der Waals surface area contributed by atoms with Gasteiger partial charge < -0.3 is 9.47 Å². The summed E-state index contributed by atoms with van der Waals surface area (Å²) in [6.45, 7) is 0.271. The SMILES string of the molecule is COc1cc(CCNS(=O)(=O)c2cccnc2)cc(OC)c1. The Kier molecular flexibility index (Phi) is 5.35. The number of hydrogen-bond acceptors (Lipinski definition) is 5. The number of aromatic nitrogens is 1. The lowest BCUT2D eigenvalue weighted by Gasteiger charge is -2.09. The molecule has 0 atom stereocenters. The molecule has 0 saturated heterocycles. The molecule has 1 heterocycles. The third kappa shape index (κ3) is 4.19. The molecular weight excluding hydrogens is 304 g/mol. The third-order valence-electron chi connectivity index (χ3n) is 3.06. The molecule has 1 N–H and O–H groups in total. The van der Waals surface area contributed by atoms with E-state index in [4.69, 9.17) is 9.47 Å². The molecule has 2 aromatic rings. The van der Waals surface area contributed by atoms with Gasteiger partial charge in [-0.05, 0) is 36.2 Å². The largest absolute Gasteiger partial charge is 0.497 e. The molecular formula is C15H18N2O4S. The summed E-state index contributed by atoms with van der Waals surface area (Å²) in [4.78, 5) is 3.96. The first-order chi connectivity index (χ1) is 10.5. The molecule has 1 aromatic carbocycles. The lowest BCUT2D eigenvalue weighted by atomic mass is 10.1. The molecule has 0 aliphatic rings. The van der Waals surface area contributed by atoms with Crippen molar-refractivity contribution in [2.45, 2.75) is 11.3 Å². The van der Waals surface area contributed by atoms with Gasteiger partial charge in [-0.2, -0.15) is 0 Å². The van der Waals surface area contributed by atoms with Crippen molar-refractivity contribution in [3.05, 3.63) is 48.3 Å². The summed E-state index contributed by atoms with van der Waals surface area (Å²) in [5, 5.41) is 0. The van der Waals surface area contributed by atoms with Gasteiger partial charge in [0, 0.05) is 25.0 Å². The van der Waals surface area contributed by atoms with E-state index in [1.165, 1.54) is 18.5 Å². The maximum Gasteiger partial charge on any atom is 0.242 e. The molecule has 1 aromatic heterocycles. The summed E-state index contributed by atoms with van der Waals surface area (Å²) in [6.07, 6.45) is 3.37. The standard InChI is InChI=1S/C15H18N2O4S/c1-20-13-8-12(9-14(10-13)21-2)5-7-17-22(18,19)15-4-3-6-16-11-15/h3-4,6,8-11,17H,5,7H2,1-2H3. The van der Waals surface area contributed by atoms with E-state index in [1.807, 2.05) is 12.1 Å². The lowest BCUT2D eigenvalue weighted by molar-refractivity contribution is 0.393. The monoisotopic (exact) mass is 322 g/mol. The van der Waals surface area contributed by atoms with Gasteiger partial charge in [-0.15, -0.1) is 0 Å². The van der Waals surface area contributed by atoms with E-state index in [0.717, 1.165) is 5.56 Å². The number of rotatable bonds is 7. The maximum absolute atomic E-state index is 12.1. The number of sulfonamides is 1. The minimum Gasteiger partial charge on any atom is -0.497 e. The van der Waals surface area contributed by atoms with Gasteiger partial charge in [-0.3, -0.25) is 4.98 Å². The second-order valence-corrected chi connectivity index (χ2v) is 6.32. The Morgan fingerprint density at radius 2 is 1.82 bits per heavy atom. The van der Waals surface area contributed by atoms with Crippen LogP contribution in [0.15, 0.2) is 47.6 Å². The van der Waals surface area contributed by atoms with E-state index in [2.05, 4.69) is 9.71 Å². The molecule has 118 valence electrons. The van der Waals surface area contributed by atoms with Crippen LogP contribution in [0.1, 0.15) is 5.56 Å². The molecule has 22 heavy (non-hydrogen) atoms. The van der Waals surface area contributed by atoms with E-state index < -0.39 is 10.0 Å². The second-order valence-electron chi connectivity index (χ2n) is 4.56. The molecule has 0 unspecified atom stereocenters. The van der Waals surface area contributed by atoms with Crippen molar-refractivity contribution >= 4 is 10.0 Å². The Bertz CT molecular complexity index is 695. The smallest absolute Gasteiger partial charge is 0.242 e. The Hall–Kier alpha value is -2.12. The van der Waals surface area contributed by atoms with Crippen molar-refractivity contribution < 1.29 is 17.9 Å². The fourth-order valence-electron chi connectivity index (χ4n) is 1.93. The molecule has 0 aliphatic heterocycles. The normalized spacial score (nSPS) is 11.2. The van der Waals surface area contributed by atoms with E-state index in [9.17, 15) is 8.42 Å². The van der Waals surface area contributed by atoms with Crippen molar-refractivity contribution in [3.63, 3.8) is 0 Å². The van der Waals surface area contributed by atoms with Crippen molar-refractivity contribution in [2.24, 2.45) is 0 Å². The van der Waals surface area contributed by atoms with Crippen LogP contribution in [-0.4, -0.2) is 34.2 Å². The van der Waals surface area contributed by atoms with Crippen LogP contribution in [0, 0.1) is 0 Å². The average molecular weight is 322 g/mol. The number of hydrogen-bond donors (Lipinski definition) is 1. The summed E-state index contributed by atoms with van der Waals surface area (Å²) in [5.74, 6) is 1.34. The van der Waals surface area contributed by atoms with E-state index in [-0.39, 0.29) is 11.4 Å². The molecule has 0 bridgehead atoms. The van der Waals surface area contributed by atoms with Crippen LogP contribution < -0.4 is 14.2 Å². The molecule has 0 saturated carbocycles. The predicted octanol–water partition coefficient (Wildman–Crippen LogP) is 1.62. The summed E-state index contributed by atoms with van der Waals surface area (Å²) in [7, 11) is -0.391. The first kappa shape index (κ1) is 16.3. The van der Waals surface area contributed by atoms with Gasteiger partial charge in [0.1, 0.15) is 16.4 Å². The zero-order valence-electron chi connectivity index (χ0n) is 12.4. The number of methoxy groups -OCH3 is 2. The Morgan fingerprint density at radius 1 is 1.14 bits per heavy atom. The minimum absolute atomic E-state index is 0.151. The molecule has 0 amide bonds. The van der Waals surface area contributed by atoms with Crippen LogP contribution in [0.5, 0.6) is 11.5 Å². The fourth-order valence-corrected chi connectivity index (χ4v) is 2.92. The van der Waals surface area contributed by atoms with Gasteiger partial charge in [-0.1, -0.05) is 0 Å². The molecule has 0 fully saturated rings. The minimum atomic E-state index is -3.54. The highest BCUT2D eigenvalue weighted by molar-refractivity contribution is 7.89. The van der Waals surface area contributed by atoms with Crippen LogP contribution in [0.25, 0.3) is 0 Å². The van der Waals surface area contributed by atoms with Crippen LogP contribution >= 0.6 is 0 Å². The highest BCUT2D eigenvalue weighted by Crippen LogP contribution is 2.22. The second kappa shape index (κ2) is 7.24. The Labute approximate surface area is 130 Å². The number of ether oxygens (including phenoxy) is 2. The molecule has 0 spiro atoms. The van der Waals surface area contributed by atoms with Gasteiger partial charge in [0.2, 0.25) is 10.0 Å². The van der Waals surface area contributed by atoms with Crippen LogP contribution in [0.3, 0.4) is 0 Å². The summed E-state index contributed by atoms with van der Waals surface area (Å²) >= 11 is 0. The van der Waals surface area contributed by atoms with Crippen molar-refractivity contribution in [3.8, 4) is 11.5 Å². The zero-order valence-corrected chi connectivity index (χ0v) is 13.3. The summed E-state index contributed by atoms with van der Waals surface area (Å²) in [5.41, 5.74) is 0.921. The summed E-state index contributed by atoms with van der Waals surface area (Å²) < 4.78 is 37.1. The molecule has 6 nitrogen and oxygen atoms in total. The first-order valence-corrected chi connectivity index (χ1v) is 8.15. The fraction of sp³-hybridized carbons (Fsp3) is 0.267. The molecule has 0 aliphatic carbocycles. The highest BCUT2D eigenvalue weighted by Gasteiger charge is 2.13. The van der Waals surface area contributed by atoms with Gasteiger partial charge in [0.25, 0.3) is 0 Å². The molecule has 7 heteroatoms. The predicted molar refractivity (Wildman–Crippen MR) is 82.7 cm³/mol. The van der Waals surface area contributed by atoms with Crippen LogP contribution in [-0.2, 0) is 16.4 Å². The van der Waals surface area contributed by atoms with E-state index >= 15 is 0 Å². The number of benzene rings is 1. The maximum atomic E-state index is 12.1. The van der Waals surface area contributed by atoms with Gasteiger partial charge in [0.05, 0.1) is 14.2 Å². The van der Waals surface area contributed by atoms with Gasteiger partial charge in [0.15, 0.2) is 0 Å². The van der Waals surface area contributed by atoms with E-state index in [1.54, 1.807) is 26.4 Å². The highest BCUT2D eigenvalue weighted by atomic mass is 32.2. The zero-order chi connectivity index (χ0) is 16.0. The van der Waals surface area contributed by atoms with E-state index in [0.29, 0.717) is 17.9 Å². The van der Waals surface area contributed by atoms with Crippen molar-refractivity contribution in [2.75, 3.05) is 20.8 Å². The topological polar surface area (TPSA) is 77.5 Å². The van der Waals surface area contributed by atoms with Crippen molar-refractivity contribution in [1.82, 2.24) is 9.71 Å². The third-order valence-corrected chi connectivity index (χ3v) is 4.51. The quantitative estimate of drug-likeness (QED) is 0.838. The lowest BCUT2D eigenvalue weighted by Crippen LogP contribution is -2.26. The van der Waals surface area contributed by atoms with Gasteiger partial charge >= 0.3 is 0 Å². The van der Waals surface area contributed by atoms with Crippen LogP contribution in [0.2, 0.25) is 0 Å². The number of nitrogens with one attached hydrogen (secondary N) is 1. The molecule has 2 rings (SSSR count). The van der Waals surface area contributed by atoms with Gasteiger partial charge in [-0.25, -0.2) is 13.1 Å². The first-order valence-electron chi connectivity index (χ1n) is 6.67.